The van der Waals surface area contributed by atoms with Crippen molar-refractivity contribution in [1.82, 2.24) is 4.72 Å². The van der Waals surface area contributed by atoms with E-state index in [0.29, 0.717) is 0 Å². The van der Waals surface area contributed by atoms with Crippen molar-refractivity contribution < 1.29 is 13.2 Å². The maximum atomic E-state index is 12.5. The zero-order chi connectivity index (χ0) is 16.3. The smallest absolute Gasteiger partial charge is 0.240 e. The third kappa shape index (κ3) is 3.48. The largest absolute Gasteiger partial charge is 0.496 e. The third-order valence-corrected chi connectivity index (χ3v) is 5.04. The number of aryl methyl sites for hydroxylation is 3. The molecule has 0 radical (unpaired) electrons. The van der Waals surface area contributed by atoms with Crippen LogP contribution in [0.15, 0.2) is 41.3 Å². The number of ether oxygens (including phenoxy) is 1. The fourth-order valence-electron chi connectivity index (χ4n) is 2.45. The molecule has 0 unspecified atom stereocenters. The second kappa shape index (κ2) is 6.50. The molecule has 0 aromatic heterocycles. The molecule has 5 heteroatoms. The highest BCUT2D eigenvalue weighted by Crippen LogP contribution is 2.26. The van der Waals surface area contributed by atoms with Gasteiger partial charge in [0.25, 0.3) is 0 Å². The van der Waals surface area contributed by atoms with Gasteiger partial charge in [-0.25, -0.2) is 13.1 Å². The topological polar surface area (TPSA) is 55.4 Å². The highest BCUT2D eigenvalue weighted by Gasteiger charge is 2.17. The first-order valence-corrected chi connectivity index (χ1v) is 8.53. The van der Waals surface area contributed by atoms with Crippen LogP contribution in [0.2, 0.25) is 0 Å². The van der Waals surface area contributed by atoms with E-state index in [1.807, 2.05) is 45.0 Å². The molecule has 4 nitrogen and oxygen atoms in total. The van der Waals surface area contributed by atoms with Crippen LogP contribution in [-0.2, 0) is 16.6 Å². The molecule has 0 saturated carbocycles. The maximum absolute atomic E-state index is 12.5. The number of rotatable bonds is 5. The Morgan fingerprint density at radius 2 is 1.59 bits per heavy atom. The molecule has 0 saturated heterocycles. The molecule has 0 spiro atoms. The van der Waals surface area contributed by atoms with Crippen LogP contribution in [-0.4, -0.2) is 15.5 Å². The molecule has 0 amide bonds. The standard InChI is InChI=1S/C17H21NO3S/c1-12-7-5-6-8-15(12)11-18-22(19,20)16-9-13(2)17(21-4)14(3)10-16/h5-10,18H,11H2,1-4H3. The monoisotopic (exact) mass is 319 g/mol. The lowest BCUT2D eigenvalue weighted by Gasteiger charge is -2.13. The van der Waals surface area contributed by atoms with Gasteiger partial charge in [-0.3, -0.25) is 0 Å². The normalized spacial score (nSPS) is 11.5. The minimum absolute atomic E-state index is 0.261. The van der Waals surface area contributed by atoms with Crippen LogP contribution in [0, 0.1) is 20.8 Å². The number of benzene rings is 2. The Bertz CT molecular complexity index is 759. The Hall–Kier alpha value is -1.85. The van der Waals surface area contributed by atoms with Gasteiger partial charge in [0, 0.05) is 6.54 Å². The maximum Gasteiger partial charge on any atom is 0.240 e. The average Bonchev–Trinajstić information content (AvgIpc) is 2.46. The number of hydrogen-bond donors (Lipinski definition) is 1. The number of nitrogens with one attached hydrogen (secondary N) is 1. The molecule has 0 aliphatic heterocycles. The molecule has 0 heterocycles. The highest BCUT2D eigenvalue weighted by atomic mass is 32.2. The van der Waals surface area contributed by atoms with E-state index in [2.05, 4.69) is 4.72 Å². The third-order valence-electron chi connectivity index (χ3n) is 3.66. The fraction of sp³-hybridized carbons (Fsp3) is 0.294. The van der Waals surface area contributed by atoms with Crippen molar-refractivity contribution in [2.75, 3.05) is 7.11 Å². The molecule has 1 N–H and O–H groups in total. The van der Waals surface area contributed by atoms with Crippen LogP contribution in [0.1, 0.15) is 22.3 Å². The Morgan fingerprint density at radius 1 is 1.00 bits per heavy atom. The molecule has 2 aromatic carbocycles. The molecule has 2 rings (SSSR count). The first kappa shape index (κ1) is 16.5. The molecule has 0 bridgehead atoms. The fourth-order valence-corrected chi connectivity index (χ4v) is 3.63. The number of sulfonamides is 1. The summed E-state index contributed by atoms with van der Waals surface area (Å²) in [5.41, 5.74) is 3.64. The Balaban J connectivity index is 2.26. The number of methoxy groups -OCH3 is 1. The minimum atomic E-state index is -3.55. The number of hydrogen-bond acceptors (Lipinski definition) is 3. The van der Waals surface area contributed by atoms with Gasteiger partial charge >= 0.3 is 0 Å². The summed E-state index contributed by atoms with van der Waals surface area (Å²) in [6.07, 6.45) is 0. The summed E-state index contributed by atoms with van der Waals surface area (Å²) in [4.78, 5) is 0.261. The lowest BCUT2D eigenvalue weighted by Crippen LogP contribution is -2.23. The van der Waals surface area contributed by atoms with Crippen LogP contribution in [0.25, 0.3) is 0 Å². The zero-order valence-corrected chi connectivity index (χ0v) is 14.1. The predicted molar refractivity (Wildman–Crippen MR) is 87.7 cm³/mol. The van der Waals surface area contributed by atoms with E-state index in [4.69, 9.17) is 4.74 Å². The Morgan fingerprint density at radius 3 is 2.14 bits per heavy atom. The van der Waals surface area contributed by atoms with Gasteiger partial charge in [0.1, 0.15) is 5.75 Å². The molecule has 0 fully saturated rings. The van der Waals surface area contributed by atoms with Crippen LogP contribution >= 0.6 is 0 Å². The summed E-state index contributed by atoms with van der Waals surface area (Å²) < 4.78 is 32.9. The van der Waals surface area contributed by atoms with Gasteiger partial charge in [-0.05, 0) is 55.2 Å². The van der Waals surface area contributed by atoms with Crippen LogP contribution in [0.5, 0.6) is 5.75 Å². The van der Waals surface area contributed by atoms with Crippen LogP contribution < -0.4 is 9.46 Å². The zero-order valence-electron chi connectivity index (χ0n) is 13.3. The first-order valence-electron chi connectivity index (χ1n) is 7.04. The van der Waals surface area contributed by atoms with Gasteiger partial charge in [-0.1, -0.05) is 24.3 Å². The van der Waals surface area contributed by atoms with E-state index < -0.39 is 10.0 Å². The second-order valence-electron chi connectivity index (χ2n) is 5.34. The summed E-state index contributed by atoms with van der Waals surface area (Å²) in [5.74, 6) is 0.720. The van der Waals surface area contributed by atoms with Crippen molar-refractivity contribution in [3.63, 3.8) is 0 Å². The molecule has 2 aromatic rings. The summed E-state index contributed by atoms with van der Waals surface area (Å²) in [5, 5.41) is 0. The highest BCUT2D eigenvalue weighted by molar-refractivity contribution is 7.89. The van der Waals surface area contributed by atoms with Gasteiger partial charge in [0.05, 0.1) is 12.0 Å². The van der Waals surface area contributed by atoms with E-state index in [1.54, 1.807) is 19.2 Å². The van der Waals surface area contributed by atoms with Gasteiger partial charge in [-0.15, -0.1) is 0 Å². The van der Waals surface area contributed by atoms with Gasteiger partial charge in [0.2, 0.25) is 10.0 Å². The quantitative estimate of drug-likeness (QED) is 0.921. The first-order chi connectivity index (χ1) is 10.3. The molecule has 0 aliphatic carbocycles. The summed E-state index contributed by atoms with van der Waals surface area (Å²) in [6, 6.07) is 11.0. The average molecular weight is 319 g/mol. The van der Waals surface area contributed by atoms with E-state index in [9.17, 15) is 8.42 Å². The van der Waals surface area contributed by atoms with Crippen molar-refractivity contribution in [2.24, 2.45) is 0 Å². The van der Waals surface area contributed by atoms with E-state index in [1.165, 1.54) is 0 Å². The van der Waals surface area contributed by atoms with E-state index >= 15 is 0 Å². The van der Waals surface area contributed by atoms with Gasteiger partial charge in [0.15, 0.2) is 0 Å². The summed E-state index contributed by atoms with van der Waals surface area (Å²) in [6.45, 7) is 5.92. The lowest BCUT2D eigenvalue weighted by atomic mass is 10.1. The molecule has 118 valence electrons. The molecular weight excluding hydrogens is 298 g/mol. The Kier molecular flexibility index (Phi) is 4.88. The summed E-state index contributed by atoms with van der Waals surface area (Å²) >= 11 is 0. The van der Waals surface area contributed by atoms with Crippen molar-refractivity contribution in [2.45, 2.75) is 32.2 Å². The van der Waals surface area contributed by atoms with Crippen LogP contribution in [0.3, 0.4) is 0 Å². The molecule has 22 heavy (non-hydrogen) atoms. The predicted octanol–water partition coefficient (Wildman–Crippen LogP) is 3.10. The van der Waals surface area contributed by atoms with Crippen molar-refractivity contribution in [1.29, 1.82) is 0 Å². The van der Waals surface area contributed by atoms with E-state index in [0.717, 1.165) is 28.0 Å². The molecule has 0 atom stereocenters. The van der Waals surface area contributed by atoms with Crippen molar-refractivity contribution in [3.05, 3.63) is 58.7 Å². The SMILES string of the molecule is COc1c(C)cc(S(=O)(=O)NCc2ccccc2C)cc1C. The molecular formula is C17H21NO3S. The van der Waals surface area contributed by atoms with E-state index in [-0.39, 0.29) is 11.4 Å². The van der Waals surface area contributed by atoms with Gasteiger partial charge in [-0.2, -0.15) is 0 Å². The van der Waals surface area contributed by atoms with Crippen LogP contribution in [0.4, 0.5) is 0 Å². The van der Waals surface area contributed by atoms with Crippen molar-refractivity contribution in [3.8, 4) is 5.75 Å². The summed E-state index contributed by atoms with van der Waals surface area (Å²) in [7, 11) is -1.97. The minimum Gasteiger partial charge on any atom is -0.496 e. The lowest BCUT2D eigenvalue weighted by molar-refractivity contribution is 0.408. The van der Waals surface area contributed by atoms with Gasteiger partial charge < -0.3 is 4.74 Å². The Labute approximate surface area is 132 Å². The van der Waals surface area contributed by atoms with Crippen molar-refractivity contribution >= 4 is 10.0 Å². The second-order valence-corrected chi connectivity index (χ2v) is 7.11. The molecule has 0 aliphatic rings.